The Bertz CT molecular complexity index is 3290. The number of hydrogen-bond donors (Lipinski definition) is 0. The first-order chi connectivity index (χ1) is 32.6. The summed E-state index contributed by atoms with van der Waals surface area (Å²) in [4.78, 5) is 1.35. The number of benzene rings is 10. The van der Waals surface area contributed by atoms with Crippen LogP contribution in [0, 0.1) is 0 Å². The summed E-state index contributed by atoms with van der Waals surface area (Å²) in [5, 5.41) is 2.30. The zero-order valence-electron chi connectivity index (χ0n) is 40.0. The molecule has 0 radical (unpaired) electrons. The monoisotopic (exact) mass is 759 g/mol. The molecular formula is C58H41N. The summed E-state index contributed by atoms with van der Waals surface area (Å²) in [5.41, 5.74) is 8.58. The van der Waals surface area contributed by atoms with Crippen LogP contribution in [0.3, 0.4) is 0 Å². The Kier molecular flexibility index (Phi) is 7.54. The van der Waals surface area contributed by atoms with Crippen LogP contribution in [0.25, 0.3) is 77.5 Å². The van der Waals surface area contributed by atoms with Gasteiger partial charge in [-0.15, -0.1) is 0 Å². The molecule has 10 aromatic carbocycles. The average molecular weight is 760 g/mol. The van der Waals surface area contributed by atoms with Gasteiger partial charge in [-0.1, -0.05) is 188 Å². The Labute approximate surface area is 358 Å². The van der Waals surface area contributed by atoms with E-state index < -0.39 is 24.2 Å². The fourth-order valence-electron chi connectivity index (χ4n) is 7.51. The molecule has 0 amide bonds. The van der Waals surface area contributed by atoms with E-state index in [1.165, 1.54) is 4.90 Å². The molecule has 0 heterocycles. The quantitative estimate of drug-likeness (QED) is 0.142. The van der Waals surface area contributed by atoms with Crippen molar-refractivity contribution in [3.05, 3.63) is 249 Å². The van der Waals surface area contributed by atoms with E-state index in [1.807, 2.05) is 133 Å². The van der Waals surface area contributed by atoms with E-state index in [0.29, 0.717) is 16.8 Å². The maximum Gasteiger partial charge on any atom is 0.0645 e. The summed E-state index contributed by atoms with van der Waals surface area (Å²) in [6.45, 7) is 0. The molecule has 1 nitrogen and oxygen atoms in total. The van der Waals surface area contributed by atoms with Gasteiger partial charge in [-0.2, -0.15) is 0 Å². The molecule has 0 aliphatic carbocycles. The third-order valence-electron chi connectivity index (χ3n) is 10.6. The summed E-state index contributed by atoms with van der Waals surface area (Å²) in [7, 11) is 0. The van der Waals surface area contributed by atoms with E-state index >= 15 is 0 Å². The van der Waals surface area contributed by atoms with Gasteiger partial charge in [0.15, 0.2) is 0 Å². The van der Waals surface area contributed by atoms with Crippen LogP contribution >= 0.6 is 0 Å². The van der Waals surface area contributed by atoms with Gasteiger partial charge in [0.1, 0.15) is 0 Å². The highest BCUT2D eigenvalue weighted by molar-refractivity contribution is 5.88. The van der Waals surface area contributed by atoms with E-state index in [0.717, 1.165) is 55.3 Å². The van der Waals surface area contributed by atoms with Crippen molar-refractivity contribution >= 4 is 27.8 Å². The van der Waals surface area contributed by atoms with Crippen LogP contribution in [0.4, 0.5) is 17.1 Å². The van der Waals surface area contributed by atoms with Gasteiger partial charge in [0, 0.05) is 17.1 Å². The highest BCUT2D eigenvalue weighted by Crippen LogP contribution is 2.39. The normalized spacial score (nSPS) is 12.9. The fourth-order valence-corrected chi connectivity index (χ4v) is 7.51. The Balaban J connectivity index is 1.13. The molecule has 10 aromatic rings. The zero-order valence-corrected chi connectivity index (χ0v) is 32.0. The first-order valence-electron chi connectivity index (χ1n) is 23.6. The molecule has 0 atom stereocenters. The predicted molar refractivity (Wildman–Crippen MR) is 251 cm³/mol. The van der Waals surface area contributed by atoms with Gasteiger partial charge in [-0.25, -0.2) is 0 Å². The van der Waals surface area contributed by atoms with Crippen molar-refractivity contribution in [1.82, 2.24) is 0 Å². The lowest BCUT2D eigenvalue weighted by molar-refractivity contribution is 1.28. The van der Waals surface area contributed by atoms with Gasteiger partial charge in [0.2, 0.25) is 0 Å². The van der Waals surface area contributed by atoms with Crippen LogP contribution in [0.1, 0.15) is 11.0 Å². The minimum Gasteiger partial charge on any atom is -0.311 e. The van der Waals surface area contributed by atoms with Gasteiger partial charge in [0.25, 0.3) is 0 Å². The summed E-state index contributed by atoms with van der Waals surface area (Å²) in [5.74, 6) is 0. The predicted octanol–water partition coefficient (Wildman–Crippen LogP) is 16.3. The second kappa shape index (κ2) is 16.0. The van der Waals surface area contributed by atoms with Crippen LogP contribution in [0.15, 0.2) is 249 Å². The van der Waals surface area contributed by atoms with E-state index in [2.05, 4.69) is 42.5 Å². The Morgan fingerprint density at radius 2 is 0.559 bits per heavy atom. The van der Waals surface area contributed by atoms with Crippen LogP contribution in [0.5, 0.6) is 0 Å². The van der Waals surface area contributed by atoms with Crippen LogP contribution < -0.4 is 4.90 Å². The highest BCUT2D eigenvalue weighted by atomic mass is 15.1. The molecule has 1 heteroatoms. The first-order valence-corrected chi connectivity index (χ1v) is 19.6. The summed E-state index contributed by atoms with van der Waals surface area (Å²) < 4.78 is 76.1. The molecule has 0 fully saturated rings. The third-order valence-corrected chi connectivity index (χ3v) is 10.6. The molecule has 10 rings (SSSR count). The Morgan fingerprint density at radius 1 is 0.220 bits per heavy atom. The topological polar surface area (TPSA) is 3.24 Å². The SMILES string of the molecule is [2H]c1c([2H])c(N(c2ccc(-c3cccc(-c4ccc5ccccc5c4)c3)cc2)c2c([2H])c([2H])c(-c3cccc(-c4ccccc4)c3)c([2H])c2[2H])c([2H])c([2H])c1-c1cccc(-c2ccccc2)c1. The maximum atomic E-state index is 9.58. The van der Waals surface area contributed by atoms with E-state index in [-0.39, 0.29) is 46.7 Å². The van der Waals surface area contributed by atoms with Crippen molar-refractivity contribution in [2.45, 2.75) is 0 Å². The molecular weight excluding hydrogens is 711 g/mol. The molecule has 0 saturated heterocycles. The summed E-state index contributed by atoms with van der Waals surface area (Å²) in [6, 6.07) is 61.4. The largest absolute Gasteiger partial charge is 0.311 e. The van der Waals surface area contributed by atoms with Crippen LogP contribution in [-0.4, -0.2) is 0 Å². The zero-order chi connectivity index (χ0) is 46.3. The van der Waals surface area contributed by atoms with Crippen LogP contribution in [-0.2, 0) is 0 Å². The molecule has 0 saturated carbocycles. The van der Waals surface area contributed by atoms with Crippen molar-refractivity contribution in [2.75, 3.05) is 4.90 Å². The van der Waals surface area contributed by atoms with E-state index in [4.69, 9.17) is 0 Å². The van der Waals surface area contributed by atoms with Crippen molar-refractivity contribution < 1.29 is 11.0 Å². The minimum atomic E-state index is -0.398. The Hall–Kier alpha value is -7.74. The number of anilines is 3. The smallest absolute Gasteiger partial charge is 0.0645 e. The maximum absolute atomic E-state index is 9.58. The van der Waals surface area contributed by atoms with Crippen molar-refractivity contribution in [2.24, 2.45) is 0 Å². The highest BCUT2D eigenvalue weighted by Gasteiger charge is 2.15. The van der Waals surface area contributed by atoms with Gasteiger partial charge >= 0.3 is 0 Å². The number of rotatable bonds is 9. The lowest BCUT2D eigenvalue weighted by Gasteiger charge is -2.26. The minimum absolute atomic E-state index is 0.103. The van der Waals surface area contributed by atoms with E-state index in [1.54, 1.807) is 24.3 Å². The summed E-state index contributed by atoms with van der Waals surface area (Å²) >= 11 is 0. The van der Waals surface area contributed by atoms with Crippen LogP contribution in [0.2, 0.25) is 0 Å². The third kappa shape index (κ3) is 7.58. The van der Waals surface area contributed by atoms with Crippen molar-refractivity contribution in [3.63, 3.8) is 0 Å². The lowest BCUT2D eigenvalue weighted by Crippen LogP contribution is -2.09. The molecule has 0 bridgehead atoms. The number of hydrogen-bond acceptors (Lipinski definition) is 1. The van der Waals surface area contributed by atoms with Crippen molar-refractivity contribution in [3.8, 4) is 66.8 Å². The first kappa shape index (κ1) is 27.8. The molecule has 0 aliphatic heterocycles. The number of nitrogens with zero attached hydrogens (tertiary/aromatic N) is 1. The molecule has 278 valence electrons. The average Bonchev–Trinajstić information content (AvgIpc) is 3.38. The van der Waals surface area contributed by atoms with Gasteiger partial charge in [0.05, 0.1) is 11.0 Å². The lowest BCUT2D eigenvalue weighted by atomic mass is 9.97. The fraction of sp³-hybridized carbons (Fsp3) is 0. The molecule has 0 aromatic heterocycles. The molecule has 59 heavy (non-hydrogen) atoms. The van der Waals surface area contributed by atoms with Gasteiger partial charge < -0.3 is 4.90 Å². The van der Waals surface area contributed by atoms with Crippen molar-refractivity contribution in [1.29, 1.82) is 0 Å². The standard InChI is InChI=1S/C58H41N/c1-3-12-42(13-4-1)49-18-9-20-51(38-49)45-26-32-56(33-27-45)59(57-34-28-46(29-35-57)52-21-10-19-50(39-52)43-14-5-2-6-15-43)58-36-30-47(31-37-58)53-22-11-23-54(40-53)55-25-24-44-16-7-8-17-48(44)41-55/h1-41H/i26D,27D,28D,29D,32D,33D,34D,35D. The van der Waals surface area contributed by atoms with E-state index in [9.17, 15) is 11.0 Å². The van der Waals surface area contributed by atoms with Gasteiger partial charge in [-0.3, -0.25) is 0 Å². The molecule has 0 N–H and O–H groups in total. The summed E-state index contributed by atoms with van der Waals surface area (Å²) in [6.07, 6.45) is 0. The Morgan fingerprint density at radius 3 is 1.03 bits per heavy atom. The molecule has 0 unspecified atom stereocenters. The number of fused-ring (bicyclic) bond motifs is 1. The molecule has 0 spiro atoms. The molecule has 0 aliphatic rings. The van der Waals surface area contributed by atoms with Gasteiger partial charge in [-0.05, 0) is 138 Å². The second-order valence-corrected chi connectivity index (χ2v) is 14.4. The second-order valence-electron chi connectivity index (χ2n) is 14.4.